The van der Waals surface area contributed by atoms with E-state index in [4.69, 9.17) is 4.99 Å². The van der Waals surface area contributed by atoms with Crippen molar-refractivity contribution in [3.8, 4) is 0 Å². The Morgan fingerprint density at radius 1 is 0.783 bits per heavy atom. The van der Waals surface area contributed by atoms with Crippen molar-refractivity contribution in [2.75, 3.05) is 0 Å². The van der Waals surface area contributed by atoms with Crippen LogP contribution in [0.1, 0.15) is 28.1 Å². The average Bonchev–Trinajstić information content (AvgIpc) is 2.56. The van der Waals surface area contributed by atoms with Gasteiger partial charge in [0, 0.05) is 12.4 Å². The lowest BCUT2D eigenvalue weighted by Crippen LogP contribution is -2.07. The van der Waals surface area contributed by atoms with Crippen molar-refractivity contribution in [2.45, 2.75) is 20.8 Å². The van der Waals surface area contributed by atoms with E-state index in [1.807, 2.05) is 36.4 Å². The quantitative estimate of drug-likeness (QED) is 0.665. The van der Waals surface area contributed by atoms with E-state index in [0.717, 1.165) is 33.9 Å². The van der Waals surface area contributed by atoms with Crippen LogP contribution < -0.4 is 0 Å². The Bertz CT molecular complexity index is 773. The molecule has 1 aromatic carbocycles. The van der Waals surface area contributed by atoms with Gasteiger partial charge in [0.15, 0.2) is 0 Å². The normalized spacial score (nSPS) is 10.4. The summed E-state index contributed by atoms with van der Waals surface area (Å²) in [6.45, 7) is 6.28. The third kappa shape index (κ3) is 3.34. The Morgan fingerprint density at radius 3 is 1.74 bits per heavy atom. The first-order valence-electron chi connectivity index (χ1n) is 7.64. The zero-order valence-corrected chi connectivity index (χ0v) is 13.6. The van der Waals surface area contributed by atoms with Gasteiger partial charge < -0.3 is 0 Å². The molecule has 0 amide bonds. The van der Waals surface area contributed by atoms with Crippen molar-refractivity contribution < 1.29 is 0 Å². The summed E-state index contributed by atoms with van der Waals surface area (Å²) in [6, 6.07) is 16.0. The van der Waals surface area contributed by atoms with E-state index in [-0.39, 0.29) is 0 Å². The maximum Gasteiger partial charge on any atom is 0.115 e. The molecule has 3 nitrogen and oxygen atoms in total. The van der Waals surface area contributed by atoms with Gasteiger partial charge in [-0.2, -0.15) is 0 Å². The van der Waals surface area contributed by atoms with Gasteiger partial charge in [-0.1, -0.05) is 29.8 Å². The summed E-state index contributed by atoms with van der Waals surface area (Å²) >= 11 is 0. The largest absolute Gasteiger partial charge is 0.255 e. The van der Waals surface area contributed by atoms with Crippen LogP contribution in [0.3, 0.4) is 0 Å². The van der Waals surface area contributed by atoms with Gasteiger partial charge >= 0.3 is 0 Å². The average molecular weight is 301 g/mol. The first kappa shape index (κ1) is 15.1. The number of rotatable bonds is 3. The van der Waals surface area contributed by atoms with E-state index < -0.39 is 0 Å². The lowest BCUT2D eigenvalue weighted by molar-refractivity contribution is 1.22. The lowest BCUT2D eigenvalue weighted by Gasteiger charge is -2.10. The molecule has 0 N–H and O–H groups in total. The van der Waals surface area contributed by atoms with Crippen molar-refractivity contribution in [1.29, 1.82) is 0 Å². The van der Waals surface area contributed by atoms with E-state index in [1.165, 1.54) is 5.56 Å². The van der Waals surface area contributed by atoms with Gasteiger partial charge in [-0.15, -0.1) is 0 Å². The number of hydrogen-bond acceptors (Lipinski definition) is 3. The van der Waals surface area contributed by atoms with Crippen molar-refractivity contribution in [2.24, 2.45) is 4.99 Å². The van der Waals surface area contributed by atoms with Gasteiger partial charge in [0.1, 0.15) is 5.71 Å². The fourth-order valence-electron chi connectivity index (χ4n) is 2.71. The van der Waals surface area contributed by atoms with Crippen LogP contribution >= 0.6 is 0 Å². The smallest absolute Gasteiger partial charge is 0.115 e. The number of aliphatic imine (C=N–C) groups is 1. The SMILES string of the molecule is Cc1cc(C)c(N=C(c2ccccn2)c2ccccn2)c(C)c1. The summed E-state index contributed by atoms with van der Waals surface area (Å²) in [7, 11) is 0. The minimum atomic E-state index is 0.793. The minimum Gasteiger partial charge on any atom is -0.255 e. The number of hydrogen-bond donors (Lipinski definition) is 0. The molecule has 0 aliphatic heterocycles. The van der Waals surface area contributed by atoms with E-state index in [1.54, 1.807) is 12.4 Å². The molecule has 0 unspecified atom stereocenters. The predicted octanol–water partition coefficient (Wildman–Crippen LogP) is 4.57. The molecule has 0 atom stereocenters. The molecule has 0 spiro atoms. The van der Waals surface area contributed by atoms with E-state index >= 15 is 0 Å². The van der Waals surface area contributed by atoms with Gasteiger partial charge in [-0.3, -0.25) is 9.97 Å². The van der Waals surface area contributed by atoms with E-state index in [2.05, 4.69) is 42.9 Å². The molecule has 0 aliphatic carbocycles. The molecule has 0 saturated carbocycles. The van der Waals surface area contributed by atoms with Crippen molar-refractivity contribution in [3.05, 3.63) is 89.0 Å². The molecule has 0 aliphatic rings. The van der Waals surface area contributed by atoms with Gasteiger partial charge in [0.25, 0.3) is 0 Å². The second kappa shape index (κ2) is 6.53. The van der Waals surface area contributed by atoms with Gasteiger partial charge in [-0.25, -0.2) is 4.99 Å². The lowest BCUT2D eigenvalue weighted by atomic mass is 10.0. The molecule has 0 radical (unpaired) electrons. The van der Waals surface area contributed by atoms with Crippen LogP contribution in [0.15, 0.2) is 65.9 Å². The Kier molecular flexibility index (Phi) is 4.29. The number of pyridine rings is 2. The van der Waals surface area contributed by atoms with Crippen molar-refractivity contribution in [3.63, 3.8) is 0 Å². The third-order valence-corrected chi connectivity index (χ3v) is 3.67. The summed E-state index contributed by atoms with van der Waals surface area (Å²) in [4.78, 5) is 13.8. The number of aryl methyl sites for hydroxylation is 3. The highest BCUT2D eigenvalue weighted by atomic mass is 14.8. The van der Waals surface area contributed by atoms with Crippen molar-refractivity contribution in [1.82, 2.24) is 9.97 Å². The van der Waals surface area contributed by atoms with Gasteiger partial charge in [0.05, 0.1) is 17.1 Å². The molecule has 3 rings (SSSR count). The monoisotopic (exact) mass is 301 g/mol. The maximum absolute atomic E-state index is 4.93. The Hall–Kier alpha value is -2.81. The molecule has 23 heavy (non-hydrogen) atoms. The van der Waals surface area contributed by atoms with Crippen LogP contribution in [0.4, 0.5) is 5.69 Å². The zero-order valence-electron chi connectivity index (χ0n) is 13.6. The van der Waals surface area contributed by atoms with E-state index in [0.29, 0.717) is 0 Å². The molecule has 2 aromatic heterocycles. The molecule has 3 aromatic rings. The number of aromatic nitrogens is 2. The first-order valence-corrected chi connectivity index (χ1v) is 7.64. The van der Waals surface area contributed by atoms with Crippen LogP contribution in [-0.4, -0.2) is 15.7 Å². The van der Waals surface area contributed by atoms with Crippen LogP contribution in [0.5, 0.6) is 0 Å². The molecule has 0 bridgehead atoms. The Labute approximate surface area is 136 Å². The Morgan fingerprint density at radius 2 is 1.30 bits per heavy atom. The van der Waals surface area contributed by atoms with Crippen LogP contribution in [0.25, 0.3) is 0 Å². The highest BCUT2D eigenvalue weighted by Gasteiger charge is 2.11. The predicted molar refractivity (Wildman–Crippen MR) is 94.4 cm³/mol. The fraction of sp³-hybridized carbons (Fsp3) is 0.150. The minimum absolute atomic E-state index is 0.793. The molecule has 114 valence electrons. The summed E-state index contributed by atoms with van der Waals surface area (Å²) in [5.41, 5.74) is 6.99. The molecule has 0 fully saturated rings. The first-order chi connectivity index (χ1) is 11.1. The summed E-state index contributed by atoms with van der Waals surface area (Å²) in [5, 5.41) is 0. The topological polar surface area (TPSA) is 38.1 Å². The summed E-state index contributed by atoms with van der Waals surface area (Å²) in [5.74, 6) is 0. The molecular formula is C20H19N3. The van der Waals surface area contributed by atoms with Gasteiger partial charge in [0.2, 0.25) is 0 Å². The molecular weight excluding hydrogens is 282 g/mol. The third-order valence-electron chi connectivity index (χ3n) is 3.67. The molecule has 2 heterocycles. The number of nitrogens with zero attached hydrogens (tertiary/aromatic N) is 3. The standard InChI is InChI=1S/C20H19N3/c1-14-12-15(2)19(16(3)13-14)23-20(17-8-4-6-10-21-17)18-9-5-7-11-22-18/h4-13H,1-3H3. The second-order valence-corrected chi connectivity index (χ2v) is 5.64. The van der Waals surface area contributed by atoms with Crippen molar-refractivity contribution >= 4 is 11.4 Å². The number of benzene rings is 1. The zero-order chi connectivity index (χ0) is 16.2. The highest BCUT2D eigenvalue weighted by molar-refractivity contribution is 6.11. The Balaban J connectivity index is 2.21. The second-order valence-electron chi connectivity index (χ2n) is 5.64. The highest BCUT2D eigenvalue weighted by Crippen LogP contribution is 2.26. The maximum atomic E-state index is 4.93. The molecule has 3 heteroatoms. The summed E-state index contributed by atoms with van der Waals surface area (Å²) in [6.07, 6.45) is 3.56. The van der Waals surface area contributed by atoms with Gasteiger partial charge in [-0.05, 0) is 56.2 Å². The van der Waals surface area contributed by atoms with Crippen LogP contribution in [0.2, 0.25) is 0 Å². The molecule has 0 saturated heterocycles. The van der Waals surface area contributed by atoms with Crippen LogP contribution in [0, 0.1) is 20.8 Å². The fourth-order valence-corrected chi connectivity index (χ4v) is 2.71. The summed E-state index contributed by atoms with van der Waals surface area (Å²) < 4.78 is 0. The van der Waals surface area contributed by atoms with E-state index in [9.17, 15) is 0 Å². The van der Waals surface area contributed by atoms with Crippen LogP contribution in [-0.2, 0) is 0 Å².